The highest BCUT2D eigenvalue weighted by Crippen LogP contribution is 2.10. The number of nitrogens with two attached hydrogens (primary N) is 1. The Morgan fingerprint density at radius 1 is 1.22 bits per heavy atom. The Morgan fingerprint density at radius 3 is 2.33 bits per heavy atom. The zero-order valence-electron chi connectivity index (χ0n) is 11.9. The van der Waals surface area contributed by atoms with E-state index in [-0.39, 0.29) is 6.04 Å². The molecule has 0 fully saturated rings. The number of benzene rings is 1. The minimum Gasteiger partial charge on any atom is -0.383 e. The molecule has 2 N–H and O–H groups in total. The van der Waals surface area contributed by atoms with Gasteiger partial charge >= 0.3 is 0 Å². The summed E-state index contributed by atoms with van der Waals surface area (Å²) in [6.45, 7) is 5.37. The summed E-state index contributed by atoms with van der Waals surface area (Å²) >= 11 is 0. The SMILES string of the molecule is CC(C)CC(CN(C)C)N=C(N)c1ccccc1. The van der Waals surface area contributed by atoms with Crippen LogP contribution in [0, 0.1) is 5.92 Å². The third-order valence-electron chi connectivity index (χ3n) is 2.71. The molecule has 0 bridgehead atoms. The fourth-order valence-electron chi connectivity index (χ4n) is 2.01. The second kappa shape index (κ2) is 7.17. The molecule has 1 rings (SSSR count). The summed E-state index contributed by atoms with van der Waals surface area (Å²) in [5.74, 6) is 1.27. The molecule has 0 amide bonds. The molecule has 0 radical (unpaired) electrons. The van der Waals surface area contributed by atoms with Crippen LogP contribution in [-0.2, 0) is 0 Å². The smallest absolute Gasteiger partial charge is 0.125 e. The van der Waals surface area contributed by atoms with E-state index >= 15 is 0 Å². The maximum Gasteiger partial charge on any atom is 0.125 e. The Bertz CT molecular complexity index is 359. The highest BCUT2D eigenvalue weighted by Gasteiger charge is 2.11. The molecule has 0 aliphatic carbocycles. The highest BCUT2D eigenvalue weighted by molar-refractivity contribution is 5.97. The zero-order chi connectivity index (χ0) is 13.5. The first kappa shape index (κ1) is 14.7. The van der Waals surface area contributed by atoms with E-state index in [1.165, 1.54) is 0 Å². The van der Waals surface area contributed by atoms with Gasteiger partial charge in [0.25, 0.3) is 0 Å². The second-order valence-corrected chi connectivity index (χ2v) is 5.43. The van der Waals surface area contributed by atoms with Crippen LogP contribution >= 0.6 is 0 Å². The summed E-state index contributed by atoms with van der Waals surface area (Å²) in [6, 6.07) is 10.2. The van der Waals surface area contributed by atoms with Crippen molar-refractivity contribution < 1.29 is 0 Å². The standard InChI is InChI=1S/C15H25N3/c1-12(2)10-14(11-18(3)4)17-15(16)13-8-6-5-7-9-13/h5-9,12,14H,10-11H2,1-4H3,(H2,16,17). The van der Waals surface area contributed by atoms with Crippen molar-refractivity contribution in [2.24, 2.45) is 16.6 Å². The van der Waals surface area contributed by atoms with Crippen molar-refractivity contribution >= 4 is 5.84 Å². The van der Waals surface area contributed by atoms with Crippen LogP contribution < -0.4 is 5.73 Å². The highest BCUT2D eigenvalue weighted by atomic mass is 15.1. The fourth-order valence-corrected chi connectivity index (χ4v) is 2.01. The van der Waals surface area contributed by atoms with E-state index < -0.39 is 0 Å². The van der Waals surface area contributed by atoms with Crippen LogP contribution in [0.25, 0.3) is 0 Å². The molecule has 1 aromatic rings. The Balaban J connectivity index is 2.79. The molecule has 3 heteroatoms. The summed E-state index contributed by atoms with van der Waals surface area (Å²) < 4.78 is 0. The topological polar surface area (TPSA) is 41.6 Å². The molecule has 0 aliphatic rings. The Hall–Kier alpha value is -1.35. The number of nitrogens with zero attached hydrogens (tertiary/aromatic N) is 2. The number of likely N-dealkylation sites (N-methyl/N-ethyl adjacent to an activating group) is 1. The lowest BCUT2D eigenvalue weighted by Crippen LogP contribution is -2.28. The average Bonchev–Trinajstić information content (AvgIpc) is 2.28. The van der Waals surface area contributed by atoms with E-state index in [0.29, 0.717) is 11.8 Å². The van der Waals surface area contributed by atoms with Crippen molar-refractivity contribution in [3.8, 4) is 0 Å². The second-order valence-electron chi connectivity index (χ2n) is 5.43. The van der Waals surface area contributed by atoms with Crippen molar-refractivity contribution in [3.05, 3.63) is 35.9 Å². The van der Waals surface area contributed by atoms with Gasteiger partial charge in [-0.05, 0) is 26.4 Å². The normalized spacial score (nSPS) is 14.2. The molecule has 1 aromatic carbocycles. The summed E-state index contributed by atoms with van der Waals surface area (Å²) in [4.78, 5) is 6.84. The predicted octanol–water partition coefficient (Wildman–Crippen LogP) is 2.37. The minimum absolute atomic E-state index is 0.264. The largest absolute Gasteiger partial charge is 0.383 e. The first-order chi connectivity index (χ1) is 8.49. The number of hydrogen-bond acceptors (Lipinski definition) is 2. The Labute approximate surface area is 111 Å². The molecular formula is C15H25N3. The molecule has 0 heterocycles. The maximum absolute atomic E-state index is 6.08. The summed E-state index contributed by atoms with van der Waals surface area (Å²) in [5, 5.41) is 0. The molecule has 0 aromatic heterocycles. The van der Waals surface area contributed by atoms with E-state index in [9.17, 15) is 0 Å². The lowest BCUT2D eigenvalue weighted by atomic mass is 10.0. The van der Waals surface area contributed by atoms with Crippen molar-refractivity contribution in [2.75, 3.05) is 20.6 Å². The predicted molar refractivity (Wildman–Crippen MR) is 79.0 cm³/mol. The maximum atomic E-state index is 6.08. The van der Waals surface area contributed by atoms with Crippen LogP contribution in [0.3, 0.4) is 0 Å². The van der Waals surface area contributed by atoms with E-state index in [1.807, 2.05) is 30.3 Å². The molecule has 1 unspecified atom stereocenters. The van der Waals surface area contributed by atoms with Gasteiger partial charge in [-0.3, -0.25) is 4.99 Å². The van der Waals surface area contributed by atoms with Crippen molar-refractivity contribution in [1.29, 1.82) is 0 Å². The molecule has 0 aliphatic heterocycles. The van der Waals surface area contributed by atoms with Gasteiger partial charge in [-0.25, -0.2) is 0 Å². The van der Waals surface area contributed by atoms with E-state index in [2.05, 4.69) is 37.8 Å². The van der Waals surface area contributed by atoms with Gasteiger partial charge in [-0.2, -0.15) is 0 Å². The summed E-state index contributed by atoms with van der Waals surface area (Å²) in [5.41, 5.74) is 7.08. The number of rotatable bonds is 6. The van der Waals surface area contributed by atoms with Crippen molar-refractivity contribution in [1.82, 2.24) is 4.90 Å². The van der Waals surface area contributed by atoms with Crippen LogP contribution in [0.1, 0.15) is 25.8 Å². The monoisotopic (exact) mass is 247 g/mol. The van der Waals surface area contributed by atoms with Gasteiger partial charge in [0.2, 0.25) is 0 Å². The van der Waals surface area contributed by atoms with E-state index in [4.69, 9.17) is 5.73 Å². The van der Waals surface area contributed by atoms with Gasteiger partial charge in [0.15, 0.2) is 0 Å². The van der Waals surface area contributed by atoms with Crippen LogP contribution in [0.15, 0.2) is 35.3 Å². The summed E-state index contributed by atoms with van der Waals surface area (Å²) in [6.07, 6.45) is 1.06. The number of hydrogen-bond donors (Lipinski definition) is 1. The average molecular weight is 247 g/mol. The van der Waals surface area contributed by atoms with Gasteiger partial charge < -0.3 is 10.6 Å². The minimum atomic E-state index is 0.264. The van der Waals surface area contributed by atoms with Crippen LogP contribution in [0.4, 0.5) is 0 Å². The Morgan fingerprint density at radius 2 is 1.83 bits per heavy atom. The van der Waals surface area contributed by atoms with Gasteiger partial charge in [0.05, 0.1) is 6.04 Å². The number of amidine groups is 1. The van der Waals surface area contributed by atoms with Crippen LogP contribution in [0.2, 0.25) is 0 Å². The van der Waals surface area contributed by atoms with Crippen molar-refractivity contribution in [2.45, 2.75) is 26.3 Å². The van der Waals surface area contributed by atoms with Crippen molar-refractivity contribution in [3.63, 3.8) is 0 Å². The van der Waals surface area contributed by atoms with Crippen LogP contribution in [0.5, 0.6) is 0 Å². The molecule has 18 heavy (non-hydrogen) atoms. The first-order valence-corrected chi connectivity index (χ1v) is 6.52. The molecular weight excluding hydrogens is 222 g/mol. The molecule has 3 nitrogen and oxygen atoms in total. The van der Waals surface area contributed by atoms with E-state index in [0.717, 1.165) is 18.5 Å². The third kappa shape index (κ3) is 5.32. The van der Waals surface area contributed by atoms with Gasteiger partial charge in [-0.1, -0.05) is 44.2 Å². The fraction of sp³-hybridized carbons (Fsp3) is 0.533. The molecule has 0 saturated carbocycles. The molecule has 1 atom stereocenters. The van der Waals surface area contributed by atoms with Crippen LogP contribution in [-0.4, -0.2) is 37.4 Å². The first-order valence-electron chi connectivity index (χ1n) is 6.52. The zero-order valence-corrected chi connectivity index (χ0v) is 11.9. The summed E-state index contributed by atoms with van der Waals surface area (Å²) in [7, 11) is 4.14. The van der Waals surface area contributed by atoms with Gasteiger partial charge in [0, 0.05) is 12.1 Å². The van der Waals surface area contributed by atoms with E-state index in [1.54, 1.807) is 0 Å². The van der Waals surface area contributed by atoms with Gasteiger partial charge in [-0.15, -0.1) is 0 Å². The molecule has 0 saturated heterocycles. The molecule has 0 spiro atoms. The third-order valence-corrected chi connectivity index (χ3v) is 2.71. The van der Waals surface area contributed by atoms with Gasteiger partial charge in [0.1, 0.15) is 5.84 Å². The quantitative estimate of drug-likeness (QED) is 0.619. The lowest BCUT2D eigenvalue weighted by Gasteiger charge is -2.20. The molecule has 100 valence electrons. The Kier molecular flexibility index (Phi) is 5.86. The number of aliphatic imine (C=N–C) groups is 1. The lowest BCUT2D eigenvalue weighted by molar-refractivity contribution is 0.345.